The molecule has 0 radical (unpaired) electrons. The molecule has 0 fully saturated rings. The summed E-state index contributed by atoms with van der Waals surface area (Å²) in [7, 11) is 4.16. The van der Waals surface area contributed by atoms with Crippen molar-refractivity contribution in [2.24, 2.45) is 0 Å². The van der Waals surface area contributed by atoms with Crippen LogP contribution in [0.5, 0.6) is 11.5 Å². The van der Waals surface area contributed by atoms with Gasteiger partial charge in [-0.2, -0.15) is 0 Å². The fraction of sp³-hybridized carbons (Fsp3) is 0.211. The van der Waals surface area contributed by atoms with Gasteiger partial charge in [0.15, 0.2) is 22.9 Å². The first-order valence-electron chi connectivity index (χ1n) is 8.49. The van der Waals surface area contributed by atoms with Gasteiger partial charge in [-0.25, -0.2) is 14.8 Å². The summed E-state index contributed by atoms with van der Waals surface area (Å²) in [5.41, 5.74) is 6.84. The summed E-state index contributed by atoms with van der Waals surface area (Å²) in [5, 5.41) is 12.2. The van der Waals surface area contributed by atoms with E-state index in [-0.39, 0.29) is 28.5 Å². The molecule has 0 saturated heterocycles. The van der Waals surface area contributed by atoms with Crippen molar-refractivity contribution >= 4 is 44.2 Å². The Morgan fingerprint density at radius 1 is 1.17 bits per heavy atom. The third kappa shape index (κ3) is 3.36. The number of carbonyl (C=O) groups is 1. The van der Waals surface area contributed by atoms with Gasteiger partial charge in [0, 0.05) is 11.5 Å². The number of halogens is 1. The lowest BCUT2D eigenvalue weighted by Gasteiger charge is -2.15. The van der Waals surface area contributed by atoms with Crippen LogP contribution in [0, 0.1) is 17.0 Å². The highest BCUT2D eigenvalue weighted by atomic mass is 79.9. The molecule has 30 heavy (non-hydrogen) atoms. The number of nitrogens with zero attached hydrogens (tertiary/aromatic N) is 3. The average Bonchev–Trinajstić information content (AvgIpc) is 2.74. The van der Waals surface area contributed by atoms with E-state index >= 15 is 0 Å². The molecule has 0 spiro atoms. The second kappa shape index (κ2) is 8.11. The summed E-state index contributed by atoms with van der Waals surface area (Å²) in [6, 6.07) is 4.43. The predicted molar refractivity (Wildman–Crippen MR) is 113 cm³/mol. The van der Waals surface area contributed by atoms with Gasteiger partial charge in [-0.3, -0.25) is 10.1 Å². The summed E-state index contributed by atoms with van der Waals surface area (Å²) in [6.45, 7) is 1.54. The van der Waals surface area contributed by atoms with Crippen molar-refractivity contribution in [2.75, 3.05) is 27.1 Å². The number of ether oxygens (including phenoxy) is 3. The van der Waals surface area contributed by atoms with Crippen LogP contribution in [0.4, 0.5) is 11.4 Å². The number of nitro groups is 1. The number of fused-ring (bicyclic) bond motifs is 1. The number of nitrogen functional groups attached to an aromatic ring is 1. The molecule has 0 atom stereocenters. The molecule has 0 bridgehead atoms. The SMILES string of the molecule is COC(=O)c1nc(-c2ccc3c(OC)c(OC)c(Br)c(N)c3n2)c([N+](=O)[O-])cc1C. The molecule has 3 aromatic rings. The number of esters is 1. The molecule has 156 valence electrons. The monoisotopic (exact) mass is 476 g/mol. The molecule has 3 rings (SSSR count). The highest BCUT2D eigenvalue weighted by Crippen LogP contribution is 2.46. The first-order chi connectivity index (χ1) is 14.2. The molecule has 1 aromatic carbocycles. The van der Waals surface area contributed by atoms with E-state index < -0.39 is 10.9 Å². The number of methoxy groups -OCH3 is 3. The zero-order chi connectivity index (χ0) is 22.2. The Morgan fingerprint density at radius 2 is 1.83 bits per heavy atom. The molecular formula is C19H17BrN4O6. The maximum atomic E-state index is 12.0. The molecule has 0 saturated carbocycles. The fourth-order valence-corrected chi connectivity index (χ4v) is 3.57. The van der Waals surface area contributed by atoms with Crippen LogP contribution in [0.25, 0.3) is 22.3 Å². The maximum Gasteiger partial charge on any atom is 0.356 e. The average molecular weight is 477 g/mol. The quantitative estimate of drug-likeness (QED) is 0.252. The van der Waals surface area contributed by atoms with E-state index in [4.69, 9.17) is 19.9 Å². The zero-order valence-corrected chi connectivity index (χ0v) is 18.1. The summed E-state index contributed by atoms with van der Waals surface area (Å²) < 4.78 is 15.9. The Morgan fingerprint density at radius 3 is 2.40 bits per heavy atom. The van der Waals surface area contributed by atoms with Crippen LogP contribution < -0.4 is 15.2 Å². The summed E-state index contributed by atoms with van der Waals surface area (Å²) in [6.07, 6.45) is 0. The molecule has 0 unspecified atom stereocenters. The lowest BCUT2D eigenvalue weighted by Crippen LogP contribution is -2.10. The van der Waals surface area contributed by atoms with Gasteiger partial charge < -0.3 is 19.9 Å². The van der Waals surface area contributed by atoms with Gasteiger partial charge in [0.2, 0.25) is 0 Å². The Hall–Kier alpha value is -3.47. The van der Waals surface area contributed by atoms with E-state index in [2.05, 4.69) is 25.9 Å². The molecule has 0 aliphatic carbocycles. The largest absolute Gasteiger partial charge is 0.492 e. The van der Waals surface area contributed by atoms with Crippen molar-refractivity contribution in [1.82, 2.24) is 9.97 Å². The number of benzene rings is 1. The molecule has 10 nitrogen and oxygen atoms in total. The third-order valence-electron chi connectivity index (χ3n) is 4.46. The molecular weight excluding hydrogens is 460 g/mol. The van der Waals surface area contributed by atoms with Gasteiger partial charge in [0.25, 0.3) is 5.69 Å². The number of rotatable bonds is 5. The number of nitrogens with two attached hydrogens (primary N) is 1. The smallest absolute Gasteiger partial charge is 0.356 e. The molecule has 11 heteroatoms. The summed E-state index contributed by atoms with van der Waals surface area (Å²) in [4.78, 5) is 31.7. The minimum absolute atomic E-state index is 0.0403. The number of hydrogen-bond donors (Lipinski definition) is 1. The first kappa shape index (κ1) is 21.2. The van der Waals surface area contributed by atoms with Crippen LogP contribution in [-0.4, -0.2) is 42.2 Å². The van der Waals surface area contributed by atoms with Crippen LogP contribution in [0.2, 0.25) is 0 Å². The summed E-state index contributed by atoms with van der Waals surface area (Å²) >= 11 is 3.37. The Labute approximate surface area is 179 Å². The Balaban J connectivity index is 2.36. The van der Waals surface area contributed by atoms with Crippen molar-refractivity contribution < 1.29 is 23.9 Å². The number of carbonyl (C=O) groups excluding carboxylic acids is 1. The highest BCUT2D eigenvalue weighted by Gasteiger charge is 2.26. The van der Waals surface area contributed by atoms with Gasteiger partial charge in [-0.15, -0.1) is 0 Å². The normalized spacial score (nSPS) is 10.7. The van der Waals surface area contributed by atoms with Crippen molar-refractivity contribution in [2.45, 2.75) is 6.92 Å². The summed E-state index contributed by atoms with van der Waals surface area (Å²) in [5.74, 6) is 0.0804. The van der Waals surface area contributed by atoms with Crippen LogP contribution in [0.3, 0.4) is 0 Å². The molecule has 0 amide bonds. The van der Waals surface area contributed by atoms with Crippen molar-refractivity contribution in [3.05, 3.63) is 44.0 Å². The first-order valence-corrected chi connectivity index (χ1v) is 9.28. The second-order valence-electron chi connectivity index (χ2n) is 6.16. The molecule has 2 heterocycles. The van der Waals surface area contributed by atoms with Gasteiger partial charge in [-0.1, -0.05) is 0 Å². The van der Waals surface area contributed by atoms with E-state index in [0.717, 1.165) is 0 Å². The van der Waals surface area contributed by atoms with Crippen molar-refractivity contribution in [1.29, 1.82) is 0 Å². The van der Waals surface area contributed by atoms with E-state index in [9.17, 15) is 14.9 Å². The van der Waals surface area contributed by atoms with Crippen molar-refractivity contribution in [3.63, 3.8) is 0 Å². The van der Waals surface area contributed by atoms with Crippen LogP contribution in [0.1, 0.15) is 16.1 Å². The van der Waals surface area contributed by atoms with E-state index in [1.165, 1.54) is 40.4 Å². The second-order valence-corrected chi connectivity index (χ2v) is 6.95. The number of anilines is 1. The van der Waals surface area contributed by atoms with Crippen LogP contribution in [-0.2, 0) is 4.74 Å². The number of aryl methyl sites for hydroxylation is 1. The molecule has 2 aromatic heterocycles. The fourth-order valence-electron chi connectivity index (χ4n) is 3.04. The Kier molecular flexibility index (Phi) is 5.74. The molecule has 2 N–H and O–H groups in total. The van der Waals surface area contributed by atoms with Gasteiger partial charge in [-0.05, 0) is 40.5 Å². The predicted octanol–water partition coefficient (Wildman–Crippen LogP) is 3.66. The highest BCUT2D eigenvalue weighted by molar-refractivity contribution is 9.10. The standard InChI is InChI=1S/C19H17BrN4O6/c1-8-7-11(24(26)27)16(23-14(8)19(25)30-4)10-6-5-9-15(22-10)13(21)12(20)18(29-3)17(9)28-2/h5-7H,21H2,1-4H3. The van der Waals surface area contributed by atoms with Gasteiger partial charge in [0.05, 0.1) is 47.6 Å². The van der Waals surface area contributed by atoms with Gasteiger partial charge >= 0.3 is 5.97 Å². The number of hydrogen-bond acceptors (Lipinski definition) is 9. The minimum atomic E-state index is -0.710. The van der Waals surface area contributed by atoms with E-state index in [0.29, 0.717) is 32.4 Å². The lowest BCUT2D eigenvalue weighted by atomic mass is 10.1. The molecule has 0 aliphatic rings. The molecule has 0 aliphatic heterocycles. The third-order valence-corrected chi connectivity index (χ3v) is 5.24. The maximum absolute atomic E-state index is 12.0. The van der Waals surface area contributed by atoms with Gasteiger partial charge in [0.1, 0.15) is 0 Å². The lowest BCUT2D eigenvalue weighted by molar-refractivity contribution is -0.384. The van der Waals surface area contributed by atoms with Crippen LogP contribution >= 0.6 is 15.9 Å². The van der Waals surface area contributed by atoms with Crippen LogP contribution in [0.15, 0.2) is 22.7 Å². The zero-order valence-electron chi connectivity index (χ0n) is 16.5. The topological polar surface area (TPSA) is 140 Å². The van der Waals surface area contributed by atoms with E-state index in [1.807, 2.05) is 0 Å². The van der Waals surface area contributed by atoms with E-state index in [1.54, 1.807) is 6.07 Å². The minimum Gasteiger partial charge on any atom is -0.492 e. The number of aromatic nitrogens is 2. The number of pyridine rings is 2. The Bertz CT molecular complexity index is 1200. The van der Waals surface area contributed by atoms with Crippen molar-refractivity contribution in [3.8, 4) is 22.9 Å².